The topological polar surface area (TPSA) is 81.7 Å². The van der Waals surface area contributed by atoms with Crippen LogP contribution in [-0.4, -0.2) is 31.3 Å². The first kappa shape index (κ1) is 22.1. The van der Waals surface area contributed by atoms with Gasteiger partial charge in [0.2, 0.25) is 0 Å². The van der Waals surface area contributed by atoms with Crippen molar-refractivity contribution in [2.45, 2.75) is 26.8 Å². The van der Waals surface area contributed by atoms with Crippen molar-refractivity contribution in [3.05, 3.63) is 48.4 Å². The molecule has 0 aliphatic heterocycles. The highest BCUT2D eigenvalue weighted by Gasteiger charge is 2.14. The number of nitrogens with zero attached hydrogens (tertiary/aromatic N) is 1. The van der Waals surface area contributed by atoms with Crippen LogP contribution in [0, 0.1) is 11.7 Å². The maximum atomic E-state index is 14.6. The Morgan fingerprint density at radius 1 is 1.00 bits per heavy atom. The minimum Gasteiger partial charge on any atom is -0.493 e. The van der Waals surface area contributed by atoms with E-state index in [0.29, 0.717) is 28.2 Å². The van der Waals surface area contributed by atoms with Crippen LogP contribution in [0.2, 0.25) is 0 Å². The molecule has 2 aromatic carbocycles. The first-order valence-electron chi connectivity index (χ1n) is 9.88. The summed E-state index contributed by atoms with van der Waals surface area (Å²) >= 11 is 0. The lowest BCUT2D eigenvalue weighted by molar-refractivity contribution is 0.246. The summed E-state index contributed by atoms with van der Waals surface area (Å²) in [7, 11) is 3.09. The van der Waals surface area contributed by atoms with Crippen LogP contribution >= 0.6 is 0 Å². The van der Waals surface area contributed by atoms with Crippen LogP contribution in [0.15, 0.2) is 42.6 Å². The maximum absolute atomic E-state index is 14.6. The van der Waals surface area contributed by atoms with Gasteiger partial charge in [-0.2, -0.15) is 0 Å². The Bertz CT molecular complexity index is 1090. The van der Waals surface area contributed by atoms with E-state index < -0.39 is 11.8 Å². The van der Waals surface area contributed by atoms with Gasteiger partial charge < -0.3 is 24.8 Å². The molecule has 3 aromatic rings. The monoisotopic (exact) mass is 427 g/mol. The van der Waals surface area contributed by atoms with Gasteiger partial charge in [0.1, 0.15) is 17.3 Å². The smallest absolute Gasteiger partial charge is 0.319 e. The molecule has 0 bridgehead atoms. The summed E-state index contributed by atoms with van der Waals surface area (Å²) in [6.07, 6.45) is 1.59. The zero-order valence-corrected chi connectivity index (χ0v) is 18.2. The number of halogens is 1. The van der Waals surface area contributed by atoms with Crippen LogP contribution in [0.3, 0.4) is 0 Å². The highest BCUT2D eigenvalue weighted by molar-refractivity contribution is 5.90. The summed E-state index contributed by atoms with van der Waals surface area (Å²) in [5, 5.41) is 5.98. The predicted octanol–water partition coefficient (Wildman–Crippen LogP) is 5.35. The molecule has 1 unspecified atom stereocenters. The molecule has 0 spiro atoms. The summed E-state index contributed by atoms with van der Waals surface area (Å²) in [5.41, 5.74) is 0.705. The number of carbonyl (C=O) groups is 1. The van der Waals surface area contributed by atoms with E-state index in [1.165, 1.54) is 12.1 Å². The average molecular weight is 427 g/mol. The molecular weight excluding hydrogens is 401 g/mol. The van der Waals surface area contributed by atoms with Gasteiger partial charge in [-0.15, -0.1) is 0 Å². The van der Waals surface area contributed by atoms with Crippen molar-refractivity contribution in [1.82, 2.24) is 10.3 Å². The second-order valence-electron chi connectivity index (χ2n) is 7.41. The van der Waals surface area contributed by atoms with E-state index in [1.807, 2.05) is 20.8 Å². The lowest BCUT2D eigenvalue weighted by Gasteiger charge is -2.18. The van der Waals surface area contributed by atoms with Gasteiger partial charge in [-0.1, -0.05) is 13.8 Å². The molecule has 0 saturated heterocycles. The predicted molar refractivity (Wildman–Crippen MR) is 118 cm³/mol. The van der Waals surface area contributed by atoms with E-state index in [1.54, 1.807) is 44.7 Å². The van der Waals surface area contributed by atoms with Gasteiger partial charge in [-0.3, -0.25) is 4.98 Å². The number of benzene rings is 2. The average Bonchev–Trinajstić information content (AvgIpc) is 2.74. The van der Waals surface area contributed by atoms with Crippen LogP contribution in [0.25, 0.3) is 10.9 Å². The number of hydrogen-bond acceptors (Lipinski definition) is 5. The molecule has 31 heavy (non-hydrogen) atoms. The Labute approximate surface area is 180 Å². The van der Waals surface area contributed by atoms with Crippen molar-refractivity contribution in [2.75, 3.05) is 19.5 Å². The van der Waals surface area contributed by atoms with Crippen LogP contribution < -0.4 is 24.8 Å². The molecule has 8 heteroatoms. The van der Waals surface area contributed by atoms with Gasteiger partial charge in [-0.05, 0) is 37.1 Å². The summed E-state index contributed by atoms with van der Waals surface area (Å²) in [6, 6.07) is 8.92. The number of amides is 2. The van der Waals surface area contributed by atoms with Crippen molar-refractivity contribution in [1.29, 1.82) is 0 Å². The molecular formula is C23H26FN3O4. The van der Waals surface area contributed by atoms with Gasteiger partial charge in [0, 0.05) is 29.8 Å². The van der Waals surface area contributed by atoms with Gasteiger partial charge >= 0.3 is 6.03 Å². The Morgan fingerprint density at radius 2 is 1.71 bits per heavy atom. The number of nitrogens with one attached hydrogen (secondary N) is 2. The van der Waals surface area contributed by atoms with Gasteiger partial charge in [0.25, 0.3) is 0 Å². The summed E-state index contributed by atoms with van der Waals surface area (Å²) in [5.74, 6) is 1.49. The summed E-state index contributed by atoms with van der Waals surface area (Å²) in [4.78, 5) is 16.4. The molecule has 0 aliphatic rings. The molecule has 0 fully saturated rings. The van der Waals surface area contributed by atoms with Crippen molar-refractivity contribution in [3.8, 4) is 23.0 Å². The van der Waals surface area contributed by atoms with Crippen molar-refractivity contribution >= 4 is 22.6 Å². The molecule has 3 rings (SSSR count). The minimum absolute atomic E-state index is 0.0405. The molecule has 0 radical (unpaired) electrons. The van der Waals surface area contributed by atoms with E-state index in [-0.39, 0.29) is 23.4 Å². The lowest BCUT2D eigenvalue weighted by Crippen LogP contribution is -2.39. The number of aromatic nitrogens is 1. The second-order valence-corrected chi connectivity index (χ2v) is 7.41. The summed E-state index contributed by atoms with van der Waals surface area (Å²) in [6.45, 7) is 5.87. The molecule has 1 atom stereocenters. The standard InChI is InChI=1S/C23H26FN3O4/c1-13(2)14(3)26-23(28)27-18-7-6-15(10-17(18)24)31-20-8-9-25-19-12-22(30-5)21(29-4)11-16(19)20/h6-14H,1-5H3,(H2,26,27,28). The molecule has 7 nitrogen and oxygen atoms in total. The van der Waals surface area contributed by atoms with E-state index in [2.05, 4.69) is 15.6 Å². The fourth-order valence-electron chi connectivity index (χ4n) is 2.86. The highest BCUT2D eigenvalue weighted by atomic mass is 19.1. The Kier molecular flexibility index (Phi) is 6.79. The van der Waals surface area contributed by atoms with Gasteiger partial charge in [0.05, 0.1) is 25.4 Å². The third-order valence-corrected chi connectivity index (χ3v) is 4.98. The number of carbonyl (C=O) groups excluding carboxylic acids is 1. The minimum atomic E-state index is -0.609. The number of ether oxygens (including phenoxy) is 3. The first-order chi connectivity index (χ1) is 14.8. The number of methoxy groups -OCH3 is 2. The summed E-state index contributed by atoms with van der Waals surface area (Å²) < 4.78 is 31.1. The molecule has 0 saturated carbocycles. The number of pyridine rings is 1. The molecule has 1 heterocycles. The molecule has 2 amide bonds. The maximum Gasteiger partial charge on any atom is 0.319 e. The number of rotatable bonds is 7. The molecule has 0 aliphatic carbocycles. The zero-order chi connectivity index (χ0) is 22.5. The molecule has 164 valence electrons. The normalized spacial score (nSPS) is 11.8. The van der Waals surface area contributed by atoms with Crippen LogP contribution in [-0.2, 0) is 0 Å². The highest BCUT2D eigenvalue weighted by Crippen LogP contribution is 2.37. The zero-order valence-electron chi connectivity index (χ0n) is 18.2. The van der Waals surface area contributed by atoms with Crippen LogP contribution in [0.4, 0.5) is 14.9 Å². The third kappa shape index (κ3) is 5.14. The van der Waals surface area contributed by atoms with Crippen LogP contribution in [0.5, 0.6) is 23.0 Å². The van der Waals surface area contributed by atoms with Crippen LogP contribution in [0.1, 0.15) is 20.8 Å². The van der Waals surface area contributed by atoms with Crippen molar-refractivity contribution in [3.63, 3.8) is 0 Å². The largest absolute Gasteiger partial charge is 0.493 e. The first-order valence-corrected chi connectivity index (χ1v) is 9.88. The fraction of sp³-hybridized carbons (Fsp3) is 0.304. The second kappa shape index (κ2) is 9.51. The third-order valence-electron chi connectivity index (χ3n) is 4.98. The Balaban J connectivity index is 1.81. The fourth-order valence-corrected chi connectivity index (χ4v) is 2.86. The quantitative estimate of drug-likeness (QED) is 0.531. The lowest BCUT2D eigenvalue weighted by atomic mass is 10.1. The van der Waals surface area contributed by atoms with E-state index >= 15 is 0 Å². The van der Waals surface area contributed by atoms with Crippen molar-refractivity contribution in [2.24, 2.45) is 5.92 Å². The van der Waals surface area contributed by atoms with Gasteiger partial charge in [-0.25, -0.2) is 9.18 Å². The number of fused-ring (bicyclic) bond motifs is 1. The Morgan fingerprint density at radius 3 is 2.35 bits per heavy atom. The Hall–Kier alpha value is -3.55. The molecule has 2 N–H and O–H groups in total. The number of anilines is 1. The van der Waals surface area contributed by atoms with Crippen molar-refractivity contribution < 1.29 is 23.4 Å². The van der Waals surface area contributed by atoms with Gasteiger partial charge in [0.15, 0.2) is 11.5 Å². The SMILES string of the molecule is COc1cc2nccc(Oc3ccc(NC(=O)NC(C)C(C)C)c(F)c3)c2cc1OC. The van der Waals surface area contributed by atoms with E-state index in [4.69, 9.17) is 14.2 Å². The number of urea groups is 1. The van der Waals surface area contributed by atoms with E-state index in [0.717, 1.165) is 0 Å². The molecule has 1 aromatic heterocycles. The van der Waals surface area contributed by atoms with E-state index in [9.17, 15) is 9.18 Å². The number of hydrogen-bond donors (Lipinski definition) is 2.